The van der Waals surface area contributed by atoms with Crippen molar-refractivity contribution in [2.24, 2.45) is 0 Å². The number of para-hydroxylation sites is 1. The summed E-state index contributed by atoms with van der Waals surface area (Å²) in [7, 11) is 0. The molecule has 5 atom stereocenters. The Balaban J connectivity index is 2.46. The summed E-state index contributed by atoms with van der Waals surface area (Å²) in [6, 6.07) is 5.48. The Morgan fingerprint density at radius 2 is 1.58 bits per heavy atom. The highest BCUT2D eigenvalue weighted by Crippen LogP contribution is 2.31. The van der Waals surface area contributed by atoms with Crippen molar-refractivity contribution < 1.29 is 42.9 Å². The van der Waals surface area contributed by atoms with Gasteiger partial charge in [0, 0.05) is 27.7 Å². The fraction of sp³-hybridized carbons (Fsp3) is 0.500. The zero-order valence-electron chi connectivity index (χ0n) is 17.5. The maximum absolute atomic E-state index is 11.9. The Kier molecular flexibility index (Phi) is 8.64. The zero-order chi connectivity index (χ0) is 23.1. The van der Waals surface area contributed by atoms with Crippen molar-refractivity contribution in [3.63, 3.8) is 0 Å². The Hall–Kier alpha value is -2.85. The van der Waals surface area contributed by atoms with Gasteiger partial charge in [-0.1, -0.05) is 23.7 Å². The van der Waals surface area contributed by atoms with Crippen LogP contribution in [0, 0.1) is 0 Å². The van der Waals surface area contributed by atoms with Gasteiger partial charge in [-0.25, -0.2) is 0 Å². The standard InChI is InChI=1S/C20H24ClNO9/c1-10(23)22-17-19(29-13(4)26)18(28-12(3)25)16(9-27-11(2)24)31-20(17)30-15-8-6-5-7-14(15)21/h5-8,16-20H,9H2,1-4H3,(H,22,23)/t16-,17+,18-,19-,20-/m1/s1. The zero-order valence-corrected chi connectivity index (χ0v) is 18.2. The molecular formula is C20H24ClNO9. The van der Waals surface area contributed by atoms with E-state index < -0.39 is 54.5 Å². The molecule has 1 saturated heterocycles. The van der Waals surface area contributed by atoms with Crippen molar-refractivity contribution in [1.29, 1.82) is 0 Å². The maximum Gasteiger partial charge on any atom is 0.303 e. The second kappa shape index (κ2) is 11.0. The average Bonchev–Trinajstić information content (AvgIpc) is 2.65. The van der Waals surface area contributed by atoms with Crippen molar-refractivity contribution in [1.82, 2.24) is 5.32 Å². The second-order valence-electron chi connectivity index (χ2n) is 6.77. The molecule has 1 fully saturated rings. The second-order valence-corrected chi connectivity index (χ2v) is 7.18. The normalized spacial score (nSPS) is 25.1. The lowest BCUT2D eigenvalue weighted by Gasteiger charge is -2.44. The summed E-state index contributed by atoms with van der Waals surface area (Å²) in [4.78, 5) is 46.7. The molecule has 11 heteroatoms. The average molecular weight is 458 g/mol. The van der Waals surface area contributed by atoms with Crippen LogP contribution in [0.5, 0.6) is 5.75 Å². The van der Waals surface area contributed by atoms with E-state index in [0.29, 0.717) is 0 Å². The van der Waals surface area contributed by atoms with Crippen LogP contribution in [0.4, 0.5) is 0 Å². The molecule has 1 amide bonds. The minimum atomic E-state index is -1.22. The van der Waals surface area contributed by atoms with Gasteiger partial charge < -0.3 is 29.0 Å². The van der Waals surface area contributed by atoms with Crippen LogP contribution in [0.25, 0.3) is 0 Å². The summed E-state index contributed by atoms with van der Waals surface area (Å²) in [5, 5.41) is 2.88. The van der Waals surface area contributed by atoms with Crippen LogP contribution in [-0.4, -0.2) is 61.1 Å². The van der Waals surface area contributed by atoms with Crippen molar-refractivity contribution in [3.8, 4) is 5.75 Å². The van der Waals surface area contributed by atoms with Crippen LogP contribution >= 0.6 is 11.6 Å². The van der Waals surface area contributed by atoms with Gasteiger partial charge in [-0.15, -0.1) is 0 Å². The molecule has 0 spiro atoms. The molecule has 2 rings (SSSR count). The van der Waals surface area contributed by atoms with E-state index >= 15 is 0 Å². The van der Waals surface area contributed by atoms with Crippen molar-refractivity contribution in [2.75, 3.05) is 6.61 Å². The highest BCUT2D eigenvalue weighted by atomic mass is 35.5. The van der Waals surface area contributed by atoms with Gasteiger partial charge >= 0.3 is 17.9 Å². The van der Waals surface area contributed by atoms with E-state index in [1.807, 2.05) is 0 Å². The molecule has 0 bridgehead atoms. The van der Waals surface area contributed by atoms with Crippen LogP contribution in [0.15, 0.2) is 24.3 Å². The Morgan fingerprint density at radius 1 is 0.968 bits per heavy atom. The fourth-order valence-corrected chi connectivity index (χ4v) is 3.24. The smallest absolute Gasteiger partial charge is 0.303 e. The number of nitrogens with one attached hydrogen (secondary N) is 1. The third-order valence-corrected chi connectivity index (χ3v) is 4.46. The molecule has 0 aromatic heterocycles. The number of hydrogen-bond acceptors (Lipinski definition) is 9. The molecule has 0 unspecified atom stereocenters. The summed E-state index contributed by atoms with van der Waals surface area (Å²) >= 11 is 6.16. The molecule has 1 aromatic rings. The van der Waals surface area contributed by atoms with E-state index in [1.165, 1.54) is 13.8 Å². The van der Waals surface area contributed by atoms with Crippen molar-refractivity contribution >= 4 is 35.4 Å². The molecule has 1 aromatic carbocycles. The number of carbonyl (C=O) groups is 4. The molecule has 0 aliphatic carbocycles. The van der Waals surface area contributed by atoms with Crippen LogP contribution < -0.4 is 10.1 Å². The van der Waals surface area contributed by atoms with E-state index in [4.69, 9.17) is 35.3 Å². The third-order valence-electron chi connectivity index (χ3n) is 4.15. The number of ether oxygens (including phenoxy) is 5. The topological polar surface area (TPSA) is 126 Å². The van der Waals surface area contributed by atoms with Gasteiger partial charge in [0.15, 0.2) is 12.2 Å². The van der Waals surface area contributed by atoms with E-state index in [1.54, 1.807) is 24.3 Å². The fourth-order valence-electron chi connectivity index (χ4n) is 3.06. The molecular weight excluding hydrogens is 434 g/mol. The molecule has 31 heavy (non-hydrogen) atoms. The minimum absolute atomic E-state index is 0.239. The molecule has 1 N–H and O–H groups in total. The third kappa shape index (κ3) is 7.11. The van der Waals surface area contributed by atoms with Gasteiger partial charge in [0.1, 0.15) is 24.5 Å². The maximum atomic E-state index is 11.9. The summed E-state index contributed by atoms with van der Waals surface area (Å²) in [5.41, 5.74) is 0. The number of rotatable bonds is 7. The highest BCUT2D eigenvalue weighted by molar-refractivity contribution is 6.32. The van der Waals surface area contributed by atoms with E-state index in [2.05, 4.69) is 5.32 Å². The predicted octanol–water partition coefficient (Wildman–Crippen LogP) is 1.37. The lowest BCUT2D eigenvalue weighted by molar-refractivity contribution is -0.257. The van der Waals surface area contributed by atoms with Crippen LogP contribution in [0.1, 0.15) is 27.7 Å². The van der Waals surface area contributed by atoms with Gasteiger partial charge in [-0.3, -0.25) is 19.2 Å². The molecule has 1 aliphatic rings. The van der Waals surface area contributed by atoms with E-state index in [0.717, 1.165) is 13.8 Å². The monoisotopic (exact) mass is 457 g/mol. The van der Waals surface area contributed by atoms with Gasteiger partial charge in [-0.05, 0) is 12.1 Å². The first-order valence-corrected chi connectivity index (χ1v) is 9.77. The molecule has 0 saturated carbocycles. The molecule has 1 aliphatic heterocycles. The summed E-state index contributed by atoms with van der Waals surface area (Å²) in [6.07, 6.45) is -4.68. The quantitative estimate of drug-likeness (QED) is 0.477. The molecule has 10 nitrogen and oxygen atoms in total. The minimum Gasteiger partial charge on any atom is -0.463 e. The lowest BCUT2D eigenvalue weighted by atomic mass is 9.96. The van der Waals surface area contributed by atoms with Gasteiger partial charge in [0.05, 0.1) is 5.02 Å². The van der Waals surface area contributed by atoms with Crippen molar-refractivity contribution in [2.45, 2.75) is 58.3 Å². The Morgan fingerprint density at radius 3 is 2.13 bits per heavy atom. The number of esters is 3. The van der Waals surface area contributed by atoms with Gasteiger partial charge in [0.2, 0.25) is 12.2 Å². The summed E-state index contributed by atoms with van der Waals surface area (Å²) < 4.78 is 27.5. The lowest BCUT2D eigenvalue weighted by Crippen LogP contribution is -2.67. The predicted molar refractivity (Wildman–Crippen MR) is 106 cm³/mol. The number of benzene rings is 1. The Bertz CT molecular complexity index is 831. The first-order valence-electron chi connectivity index (χ1n) is 9.40. The largest absolute Gasteiger partial charge is 0.463 e. The first kappa shape index (κ1) is 24.4. The highest BCUT2D eigenvalue weighted by Gasteiger charge is 2.52. The SMILES string of the molecule is CC(=O)N[C@@H]1[C@H](Oc2ccccc2Cl)O[C@H](COC(C)=O)[C@@H](OC(C)=O)[C@@H]1OC(C)=O. The van der Waals surface area contributed by atoms with Gasteiger partial charge in [0.25, 0.3) is 0 Å². The summed E-state index contributed by atoms with van der Waals surface area (Å²) in [6.45, 7) is 4.46. The Labute approximate surface area is 184 Å². The van der Waals surface area contributed by atoms with E-state index in [9.17, 15) is 19.2 Å². The molecule has 0 radical (unpaired) electrons. The van der Waals surface area contributed by atoms with Gasteiger partial charge in [-0.2, -0.15) is 0 Å². The molecule has 1 heterocycles. The van der Waals surface area contributed by atoms with Crippen LogP contribution in [-0.2, 0) is 38.1 Å². The van der Waals surface area contributed by atoms with Crippen molar-refractivity contribution in [3.05, 3.63) is 29.3 Å². The van der Waals surface area contributed by atoms with E-state index in [-0.39, 0.29) is 17.4 Å². The first-order chi connectivity index (χ1) is 14.6. The number of halogens is 1. The number of carbonyl (C=O) groups excluding carboxylic acids is 4. The number of hydrogen-bond donors (Lipinski definition) is 1. The summed E-state index contributed by atoms with van der Waals surface area (Å²) in [5.74, 6) is -2.21. The number of amides is 1. The van der Waals surface area contributed by atoms with Crippen LogP contribution in [0.2, 0.25) is 5.02 Å². The van der Waals surface area contributed by atoms with Crippen LogP contribution in [0.3, 0.4) is 0 Å². The molecule has 170 valence electrons.